The summed E-state index contributed by atoms with van der Waals surface area (Å²) >= 11 is 0. The van der Waals surface area contributed by atoms with Gasteiger partial charge in [-0.25, -0.2) is 4.79 Å². The van der Waals surface area contributed by atoms with Crippen LogP contribution >= 0.6 is 0 Å². The van der Waals surface area contributed by atoms with Gasteiger partial charge in [-0.05, 0) is 37.6 Å². The molecule has 0 heterocycles. The van der Waals surface area contributed by atoms with E-state index in [4.69, 9.17) is 9.47 Å². The van der Waals surface area contributed by atoms with Crippen LogP contribution in [0.3, 0.4) is 0 Å². The molecule has 6 heteroatoms. The average Bonchev–Trinajstić information content (AvgIpc) is 2.48. The highest BCUT2D eigenvalue weighted by Gasteiger charge is 2.17. The van der Waals surface area contributed by atoms with Crippen LogP contribution in [-0.4, -0.2) is 43.7 Å². The second kappa shape index (κ2) is 8.84. The predicted octanol–water partition coefficient (Wildman–Crippen LogP) is 2.50. The molecule has 0 saturated carbocycles. The van der Waals surface area contributed by atoms with Gasteiger partial charge >= 0.3 is 12.0 Å². The summed E-state index contributed by atoms with van der Waals surface area (Å²) in [6.07, 6.45) is 0.759. The van der Waals surface area contributed by atoms with Crippen molar-refractivity contribution in [3.63, 3.8) is 0 Å². The van der Waals surface area contributed by atoms with Crippen LogP contribution < -0.4 is 10.1 Å². The minimum absolute atomic E-state index is 0.0519. The minimum atomic E-state index is -0.407. The van der Waals surface area contributed by atoms with E-state index >= 15 is 0 Å². The van der Waals surface area contributed by atoms with Crippen LogP contribution in [0.4, 0.5) is 10.5 Å². The van der Waals surface area contributed by atoms with Gasteiger partial charge in [-0.1, -0.05) is 6.92 Å². The van der Waals surface area contributed by atoms with E-state index in [0.717, 1.165) is 6.42 Å². The van der Waals surface area contributed by atoms with E-state index in [1.165, 1.54) is 4.90 Å². The van der Waals surface area contributed by atoms with Gasteiger partial charge in [-0.3, -0.25) is 4.79 Å². The summed E-state index contributed by atoms with van der Waals surface area (Å²) < 4.78 is 9.93. The number of rotatable bonds is 7. The average molecular weight is 294 g/mol. The first-order valence-corrected chi connectivity index (χ1v) is 6.96. The van der Waals surface area contributed by atoms with Gasteiger partial charge in [0.2, 0.25) is 0 Å². The van der Waals surface area contributed by atoms with Crippen LogP contribution in [0, 0.1) is 0 Å². The standard InChI is InChI=1S/C15H22N2O4/c1-4-10-17(11-14(18)21-5-2)15(19)16-12-6-8-13(20-3)9-7-12/h6-9H,4-5,10-11H2,1-3H3,(H,16,19). The number of ether oxygens (including phenoxy) is 2. The fourth-order valence-electron chi connectivity index (χ4n) is 1.76. The van der Waals surface area contributed by atoms with Crippen molar-refractivity contribution in [1.29, 1.82) is 0 Å². The maximum Gasteiger partial charge on any atom is 0.325 e. The Morgan fingerprint density at radius 2 is 1.86 bits per heavy atom. The number of esters is 1. The number of urea groups is 1. The SMILES string of the molecule is CCCN(CC(=O)OCC)C(=O)Nc1ccc(OC)cc1. The van der Waals surface area contributed by atoms with Crippen molar-refractivity contribution in [2.75, 3.05) is 32.1 Å². The molecule has 0 atom stereocenters. The van der Waals surface area contributed by atoms with Gasteiger partial charge in [0.25, 0.3) is 0 Å². The maximum absolute atomic E-state index is 12.2. The molecule has 0 saturated heterocycles. The summed E-state index contributed by atoms with van der Waals surface area (Å²) in [6.45, 7) is 4.42. The number of anilines is 1. The number of nitrogens with zero attached hydrogens (tertiary/aromatic N) is 1. The summed E-state index contributed by atoms with van der Waals surface area (Å²) in [5.41, 5.74) is 0.644. The number of methoxy groups -OCH3 is 1. The molecule has 1 N–H and O–H groups in total. The van der Waals surface area contributed by atoms with Crippen LogP contribution in [0.2, 0.25) is 0 Å². The number of amides is 2. The number of nitrogens with one attached hydrogen (secondary N) is 1. The number of carbonyl (C=O) groups is 2. The summed E-state index contributed by atoms with van der Waals surface area (Å²) in [4.78, 5) is 25.1. The molecule has 1 rings (SSSR count). The van der Waals surface area contributed by atoms with Crippen molar-refractivity contribution in [2.24, 2.45) is 0 Å². The molecule has 21 heavy (non-hydrogen) atoms. The van der Waals surface area contributed by atoms with Crippen molar-refractivity contribution >= 4 is 17.7 Å². The molecule has 0 spiro atoms. The fourth-order valence-corrected chi connectivity index (χ4v) is 1.76. The first-order chi connectivity index (χ1) is 10.1. The first-order valence-electron chi connectivity index (χ1n) is 6.96. The Hall–Kier alpha value is -2.24. The highest BCUT2D eigenvalue weighted by molar-refractivity contribution is 5.91. The molecular formula is C15H22N2O4. The Kier molecular flexibility index (Phi) is 7.08. The van der Waals surface area contributed by atoms with Gasteiger partial charge in [-0.15, -0.1) is 0 Å². The molecule has 1 aromatic rings. The van der Waals surface area contributed by atoms with E-state index in [9.17, 15) is 9.59 Å². The molecule has 116 valence electrons. The summed E-state index contributed by atoms with van der Waals surface area (Å²) in [5, 5.41) is 2.75. The second-order valence-electron chi connectivity index (χ2n) is 4.39. The molecule has 0 aliphatic rings. The largest absolute Gasteiger partial charge is 0.497 e. The molecule has 0 unspecified atom stereocenters. The van der Waals surface area contributed by atoms with Gasteiger partial charge in [0.15, 0.2) is 0 Å². The van der Waals surface area contributed by atoms with E-state index < -0.39 is 5.97 Å². The molecule has 0 bridgehead atoms. The maximum atomic E-state index is 12.2. The summed E-state index contributed by atoms with van der Waals surface area (Å²) in [5.74, 6) is 0.306. The van der Waals surface area contributed by atoms with Crippen LogP contribution in [0.1, 0.15) is 20.3 Å². The topological polar surface area (TPSA) is 67.9 Å². The van der Waals surface area contributed by atoms with Crippen LogP contribution in [0.25, 0.3) is 0 Å². The monoisotopic (exact) mass is 294 g/mol. The normalized spacial score (nSPS) is 9.86. The summed E-state index contributed by atoms with van der Waals surface area (Å²) in [6, 6.07) is 6.67. The molecule has 0 radical (unpaired) electrons. The molecular weight excluding hydrogens is 272 g/mol. The number of hydrogen-bond donors (Lipinski definition) is 1. The lowest BCUT2D eigenvalue weighted by Gasteiger charge is -2.21. The third-order valence-corrected chi connectivity index (χ3v) is 2.75. The van der Waals surface area contributed by atoms with Crippen molar-refractivity contribution in [3.8, 4) is 5.75 Å². The number of hydrogen-bond acceptors (Lipinski definition) is 4. The van der Waals surface area contributed by atoms with Crippen molar-refractivity contribution in [1.82, 2.24) is 4.90 Å². The van der Waals surface area contributed by atoms with Crippen molar-refractivity contribution < 1.29 is 19.1 Å². The van der Waals surface area contributed by atoms with Gasteiger partial charge in [-0.2, -0.15) is 0 Å². The Morgan fingerprint density at radius 3 is 2.38 bits per heavy atom. The van der Waals surface area contributed by atoms with Gasteiger partial charge in [0.05, 0.1) is 13.7 Å². The zero-order valence-corrected chi connectivity index (χ0v) is 12.7. The molecule has 1 aromatic carbocycles. The third kappa shape index (κ3) is 5.72. The predicted molar refractivity (Wildman–Crippen MR) is 80.5 cm³/mol. The number of benzene rings is 1. The fraction of sp³-hybridized carbons (Fsp3) is 0.467. The molecule has 2 amide bonds. The van der Waals surface area contributed by atoms with Crippen LogP contribution in [-0.2, 0) is 9.53 Å². The quantitative estimate of drug-likeness (QED) is 0.785. The molecule has 0 aliphatic carbocycles. The Labute approximate surface area is 125 Å². The van der Waals surface area contributed by atoms with E-state index in [0.29, 0.717) is 24.6 Å². The lowest BCUT2D eigenvalue weighted by atomic mass is 10.3. The number of carbonyl (C=O) groups excluding carboxylic acids is 2. The molecule has 6 nitrogen and oxygen atoms in total. The van der Waals surface area contributed by atoms with Crippen LogP contribution in [0.15, 0.2) is 24.3 Å². The molecule has 0 aromatic heterocycles. The van der Waals surface area contributed by atoms with E-state index in [1.807, 2.05) is 6.92 Å². The lowest BCUT2D eigenvalue weighted by molar-refractivity contribution is -0.143. The van der Waals surface area contributed by atoms with Crippen molar-refractivity contribution in [2.45, 2.75) is 20.3 Å². The van der Waals surface area contributed by atoms with Gasteiger partial charge < -0.3 is 19.7 Å². The zero-order chi connectivity index (χ0) is 15.7. The zero-order valence-electron chi connectivity index (χ0n) is 12.7. The van der Waals surface area contributed by atoms with Crippen molar-refractivity contribution in [3.05, 3.63) is 24.3 Å². The third-order valence-electron chi connectivity index (χ3n) is 2.75. The Balaban J connectivity index is 2.64. The minimum Gasteiger partial charge on any atom is -0.497 e. The highest BCUT2D eigenvalue weighted by Crippen LogP contribution is 2.15. The van der Waals surface area contributed by atoms with E-state index in [2.05, 4.69) is 5.32 Å². The molecule has 0 aliphatic heterocycles. The van der Waals surface area contributed by atoms with Crippen LogP contribution in [0.5, 0.6) is 5.75 Å². The first kappa shape index (κ1) is 16.8. The smallest absolute Gasteiger partial charge is 0.325 e. The summed E-state index contributed by atoms with van der Waals surface area (Å²) in [7, 11) is 1.58. The highest BCUT2D eigenvalue weighted by atomic mass is 16.5. The van der Waals surface area contributed by atoms with E-state index in [-0.39, 0.29) is 12.6 Å². The molecule has 0 fully saturated rings. The van der Waals surface area contributed by atoms with E-state index in [1.54, 1.807) is 38.3 Å². The van der Waals surface area contributed by atoms with Gasteiger partial charge in [0.1, 0.15) is 12.3 Å². The Morgan fingerprint density at radius 1 is 1.19 bits per heavy atom. The lowest BCUT2D eigenvalue weighted by Crippen LogP contribution is -2.39. The second-order valence-corrected chi connectivity index (χ2v) is 4.39. The Bertz CT molecular complexity index is 459. The van der Waals surface area contributed by atoms with Gasteiger partial charge in [0, 0.05) is 12.2 Å².